The molecule has 1 heterocycles. The van der Waals surface area contributed by atoms with E-state index in [1.54, 1.807) is 0 Å². The molecule has 0 aliphatic carbocycles. The molecule has 0 spiro atoms. The zero-order valence-electron chi connectivity index (χ0n) is 8.82. The largest absolute Gasteiger partial charge is 0.547 e. The number of aryl methyl sites for hydroxylation is 2. The van der Waals surface area contributed by atoms with Crippen molar-refractivity contribution >= 4 is 5.97 Å². The van der Waals surface area contributed by atoms with Gasteiger partial charge in [-0.3, -0.25) is 4.98 Å². The van der Waals surface area contributed by atoms with E-state index < -0.39 is 12.1 Å². The summed E-state index contributed by atoms with van der Waals surface area (Å²) in [5.41, 5.74) is 2.18. The quantitative estimate of drug-likeness (QED) is 0.730. The van der Waals surface area contributed by atoms with Crippen LogP contribution in [0.1, 0.15) is 18.3 Å². The molecule has 15 heavy (non-hydrogen) atoms. The number of aliphatic hydroxyl groups excluding tert-OH is 1. The van der Waals surface area contributed by atoms with Gasteiger partial charge in [0.15, 0.2) is 0 Å². The Morgan fingerprint density at radius 2 is 1.73 bits per heavy atom. The Hall–Kier alpha value is -0.680. The number of aromatic nitrogens is 1. The van der Waals surface area contributed by atoms with Crippen molar-refractivity contribution in [2.24, 2.45) is 0 Å². The van der Waals surface area contributed by atoms with Crippen LogP contribution < -0.4 is 5.11 Å². The molecule has 1 aromatic rings. The van der Waals surface area contributed by atoms with Crippen molar-refractivity contribution in [3.05, 3.63) is 29.6 Å². The van der Waals surface area contributed by atoms with Gasteiger partial charge in [0.1, 0.15) is 0 Å². The van der Waals surface area contributed by atoms with E-state index in [2.05, 4.69) is 4.98 Å². The Bertz CT molecular complexity index is 285. The van der Waals surface area contributed by atoms with E-state index in [0.717, 1.165) is 18.3 Å². The summed E-state index contributed by atoms with van der Waals surface area (Å²) in [6, 6.07) is 6.00. The predicted molar refractivity (Wildman–Crippen MR) is 50.4 cm³/mol. The number of carbonyl (C=O) groups is 1. The predicted octanol–water partition coefficient (Wildman–Crippen LogP) is -0.187. The Labute approximate surface area is 105 Å². The van der Waals surface area contributed by atoms with Crippen molar-refractivity contribution in [3.8, 4) is 0 Å². The van der Waals surface area contributed by atoms with Gasteiger partial charge in [-0.25, -0.2) is 0 Å². The molecule has 4 nitrogen and oxygen atoms in total. The van der Waals surface area contributed by atoms with Gasteiger partial charge in [-0.2, -0.15) is 0 Å². The standard InChI is InChI=1S/C7H9N.C3H6O3.Ag/c1-6-4-3-5-7(2)8-6;1-2(4)3(5)6;/h3-5H,1-2H3;2,4H,1H3,(H,5,6);/p-1. The first kappa shape index (κ1) is 16.7. The average molecular weight is 304 g/mol. The van der Waals surface area contributed by atoms with E-state index in [1.165, 1.54) is 0 Å². The normalized spacial score (nSPS) is 10.4. The molecule has 0 saturated heterocycles. The van der Waals surface area contributed by atoms with Gasteiger partial charge in [-0.15, -0.1) is 0 Å². The molecule has 1 atom stereocenters. The molecule has 0 amide bonds. The fraction of sp³-hybridized carbons (Fsp3) is 0.400. The molecule has 1 rings (SSSR count). The van der Waals surface area contributed by atoms with Crippen LogP contribution in [0.3, 0.4) is 0 Å². The number of rotatable bonds is 1. The van der Waals surface area contributed by atoms with Gasteiger partial charge in [-0.05, 0) is 32.9 Å². The number of carboxylic acids is 1. The summed E-state index contributed by atoms with van der Waals surface area (Å²) in [7, 11) is 0. The molecule has 0 aromatic carbocycles. The van der Waals surface area contributed by atoms with E-state index in [4.69, 9.17) is 5.11 Å². The zero-order valence-corrected chi connectivity index (χ0v) is 10.3. The summed E-state index contributed by atoms with van der Waals surface area (Å²) < 4.78 is 0. The molecule has 1 radical (unpaired) electrons. The average Bonchev–Trinajstić information content (AvgIpc) is 2.04. The molecular formula is C10H14AgNO3-. The van der Waals surface area contributed by atoms with E-state index in [9.17, 15) is 9.90 Å². The van der Waals surface area contributed by atoms with Crippen LogP contribution in [0.15, 0.2) is 18.2 Å². The van der Waals surface area contributed by atoms with Crippen molar-refractivity contribution in [2.75, 3.05) is 0 Å². The third-order valence-corrected chi connectivity index (χ3v) is 1.37. The van der Waals surface area contributed by atoms with E-state index in [0.29, 0.717) is 0 Å². The van der Waals surface area contributed by atoms with Crippen molar-refractivity contribution in [1.29, 1.82) is 0 Å². The van der Waals surface area contributed by atoms with Gasteiger partial charge in [0, 0.05) is 33.8 Å². The van der Waals surface area contributed by atoms with Gasteiger partial charge >= 0.3 is 0 Å². The molecule has 0 aliphatic heterocycles. The van der Waals surface area contributed by atoms with Crippen molar-refractivity contribution in [3.63, 3.8) is 0 Å². The number of nitrogens with zero attached hydrogens (tertiary/aromatic N) is 1. The summed E-state index contributed by atoms with van der Waals surface area (Å²) in [5, 5.41) is 17.3. The summed E-state index contributed by atoms with van der Waals surface area (Å²) in [4.78, 5) is 13.5. The Balaban J connectivity index is 0. The van der Waals surface area contributed by atoms with Crippen LogP contribution in [0.4, 0.5) is 0 Å². The van der Waals surface area contributed by atoms with Crippen molar-refractivity contribution in [2.45, 2.75) is 26.9 Å². The molecule has 5 heteroatoms. The summed E-state index contributed by atoms with van der Waals surface area (Å²) >= 11 is 0. The van der Waals surface area contributed by atoms with Gasteiger partial charge in [-0.1, -0.05) is 6.07 Å². The topological polar surface area (TPSA) is 73.2 Å². The molecule has 0 bridgehead atoms. The minimum absolute atomic E-state index is 0. The fourth-order valence-electron chi connectivity index (χ4n) is 0.679. The molecule has 0 saturated carbocycles. The van der Waals surface area contributed by atoms with E-state index in [-0.39, 0.29) is 22.4 Å². The molecule has 0 fully saturated rings. The minimum atomic E-state index is -1.44. The maximum Gasteiger partial charge on any atom is 0.0905 e. The molecule has 89 valence electrons. The van der Waals surface area contributed by atoms with Crippen LogP contribution in [-0.2, 0) is 27.2 Å². The van der Waals surface area contributed by atoms with Crippen LogP contribution in [0.25, 0.3) is 0 Å². The number of hydrogen-bond acceptors (Lipinski definition) is 4. The first-order chi connectivity index (χ1) is 6.43. The summed E-state index contributed by atoms with van der Waals surface area (Å²) in [5.74, 6) is -1.44. The van der Waals surface area contributed by atoms with Crippen LogP contribution in [0.2, 0.25) is 0 Å². The SMILES string of the molecule is CC(O)C(=O)[O-].Cc1cccc(C)n1.[Ag]. The molecular weight excluding hydrogens is 290 g/mol. The van der Waals surface area contributed by atoms with Crippen LogP contribution in [0, 0.1) is 13.8 Å². The molecule has 0 aliphatic rings. The maximum atomic E-state index is 9.34. The van der Waals surface area contributed by atoms with Gasteiger partial charge in [0.05, 0.1) is 12.1 Å². The second-order valence-corrected chi connectivity index (χ2v) is 2.92. The smallest absolute Gasteiger partial charge is 0.0905 e. The van der Waals surface area contributed by atoms with E-state index >= 15 is 0 Å². The minimum Gasteiger partial charge on any atom is -0.547 e. The molecule has 1 N–H and O–H groups in total. The molecule has 1 aromatic heterocycles. The van der Waals surface area contributed by atoms with Gasteiger partial charge in [0.25, 0.3) is 0 Å². The van der Waals surface area contributed by atoms with Gasteiger partial charge < -0.3 is 15.0 Å². The van der Waals surface area contributed by atoms with E-state index in [1.807, 2.05) is 32.0 Å². The number of carboxylic acid groups (broad SMARTS) is 1. The number of pyridine rings is 1. The second-order valence-electron chi connectivity index (χ2n) is 2.92. The fourth-order valence-corrected chi connectivity index (χ4v) is 0.679. The Morgan fingerprint density at radius 1 is 1.40 bits per heavy atom. The first-order valence-corrected chi connectivity index (χ1v) is 4.22. The third kappa shape index (κ3) is 9.62. The van der Waals surface area contributed by atoms with Crippen LogP contribution >= 0.6 is 0 Å². The summed E-state index contributed by atoms with van der Waals surface area (Å²) in [6.07, 6.45) is -1.34. The monoisotopic (exact) mass is 303 g/mol. The van der Waals surface area contributed by atoms with Gasteiger partial charge in [0.2, 0.25) is 0 Å². The number of hydrogen-bond donors (Lipinski definition) is 1. The summed E-state index contributed by atoms with van der Waals surface area (Å²) in [6.45, 7) is 5.12. The Kier molecular flexibility index (Phi) is 9.61. The first-order valence-electron chi connectivity index (χ1n) is 4.22. The second kappa shape index (κ2) is 8.61. The number of carbonyl (C=O) groups excluding carboxylic acids is 1. The maximum absolute atomic E-state index is 9.34. The Morgan fingerprint density at radius 3 is 1.87 bits per heavy atom. The number of aliphatic carboxylic acids is 1. The van der Waals surface area contributed by atoms with Crippen molar-refractivity contribution in [1.82, 2.24) is 4.98 Å². The van der Waals surface area contributed by atoms with Crippen LogP contribution in [-0.4, -0.2) is 22.2 Å². The zero-order chi connectivity index (χ0) is 11.1. The number of aliphatic hydroxyl groups is 1. The molecule has 1 unspecified atom stereocenters. The van der Waals surface area contributed by atoms with Crippen molar-refractivity contribution < 1.29 is 37.4 Å². The third-order valence-electron chi connectivity index (χ3n) is 1.37. The van der Waals surface area contributed by atoms with Crippen LogP contribution in [0.5, 0.6) is 0 Å².